The Hall–Kier alpha value is -1.43. The summed E-state index contributed by atoms with van der Waals surface area (Å²) >= 11 is 0. The van der Waals surface area contributed by atoms with E-state index in [0.29, 0.717) is 12.0 Å². The Balaban J connectivity index is 1.48. The zero-order valence-corrected chi connectivity index (χ0v) is 14.3. The van der Waals surface area contributed by atoms with Crippen molar-refractivity contribution >= 4 is 11.6 Å². The third-order valence-corrected chi connectivity index (χ3v) is 4.96. The fraction of sp³-hybridized carbons (Fsp3) is 0.611. The topological polar surface area (TPSA) is 53.6 Å². The second-order valence-electron chi connectivity index (χ2n) is 7.25. The van der Waals surface area contributed by atoms with E-state index < -0.39 is 0 Å². The summed E-state index contributed by atoms with van der Waals surface area (Å²) in [6.45, 7) is 8.23. The Kier molecular flexibility index (Phi) is 4.71. The standard InChI is InChI=1S/C18H27N3O2/c1-13-5-4-6-14(2)17(13)20-16(22)9-21(3)8-15-7-18(12-23-15)10-19-11-18/h4-6,15,19H,7-12H2,1-3H3,(H,20,22). The van der Waals surface area contributed by atoms with Crippen molar-refractivity contribution in [2.45, 2.75) is 26.4 Å². The molecule has 1 atom stereocenters. The number of rotatable bonds is 5. The van der Waals surface area contributed by atoms with Gasteiger partial charge in [0.1, 0.15) is 0 Å². The first-order valence-corrected chi connectivity index (χ1v) is 8.34. The third-order valence-electron chi connectivity index (χ3n) is 4.96. The number of anilines is 1. The number of carbonyl (C=O) groups excluding carboxylic acids is 1. The molecule has 2 saturated heterocycles. The lowest BCUT2D eigenvalue weighted by Gasteiger charge is -2.37. The van der Waals surface area contributed by atoms with E-state index in [4.69, 9.17) is 4.74 Å². The predicted molar refractivity (Wildman–Crippen MR) is 91.7 cm³/mol. The van der Waals surface area contributed by atoms with Crippen LogP contribution in [0.1, 0.15) is 17.5 Å². The van der Waals surface area contributed by atoms with Gasteiger partial charge in [-0.2, -0.15) is 0 Å². The Morgan fingerprint density at radius 3 is 2.65 bits per heavy atom. The summed E-state index contributed by atoms with van der Waals surface area (Å²) in [4.78, 5) is 14.3. The summed E-state index contributed by atoms with van der Waals surface area (Å²) in [5.74, 6) is 0.0305. The van der Waals surface area contributed by atoms with Crippen LogP contribution >= 0.6 is 0 Å². The van der Waals surface area contributed by atoms with E-state index in [9.17, 15) is 4.79 Å². The van der Waals surface area contributed by atoms with Crippen molar-refractivity contribution in [3.63, 3.8) is 0 Å². The van der Waals surface area contributed by atoms with E-state index in [1.807, 2.05) is 39.1 Å². The number of nitrogens with zero attached hydrogens (tertiary/aromatic N) is 1. The van der Waals surface area contributed by atoms with Crippen LogP contribution in [-0.2, 0) is 9.53 Å². The number of likely N-dealkylation sites (N-methyl/N-ethyl adjacent to an activating group) is 1. The Morgan fingerprint density at radius 2 is 2.09 bits per heavy atom. The molecule has 0 bridgehead atoms. The van der Waals surface area contributed by atoms with Crippen LogP contribution in [0.4, 0.5) is 5.69 Å². The molecule has 0 aliphatic carbocycles. The molecule has 2 N–H and O–H groups in total. The quantitative estimate of drug-likeness (QED) is 0.865. The van der Waals surface area contributed by atoms with Gasteiger partial charge in [-0.15, -0.1) is 0 Å². The van der Waals surface area contributed by atoms with Crippen molar-refractivity contribution in [1.29, 1.82) is 0 Å². The van der Waals surface area contributed by atoms with Crippen molar-refractivity contribution in [1.82, 2.24) is 10.2 Å². The molecule has 3 rings (SSSR count). The number of para-hydroxylation sites is 1. The van der Waals surface area contributed by atoms with Crippen LogP contribution in [0.2, 0.25) is 0 Å². The summed E-state index contributed by atoms with van der Waals surface area (Å²) in [6, 6.07) is 6.05. The maximum Gasteiger partial charge on any atom is 0.238 e. The molecule has 1 spiro atoms. The van der Waals surface area contributed by atoms with Crippen LogP contribution in [0.5, 0.6) is 0 Å². The molecule has 1 aromatic rings. The van der Waals surface area contributed by atoms with E-state index in [-0.39, 0.29) is 12.0 Å². The first-order valence-electron chi connectivity index (χ1n) is 8.34. The molecule has 1 aromatic carbocycles. The Labute approximate surface area is 138 Å². The van der Waals surface area contributed by atoms with Crippen LogP contribution in [0.15, 0.2) is 18.2 Å². The number of aryl methyl sites for hydroxylation is 2. The maximum atomic E-state index is 12.3. The molecule has 5 nitrogen and oxygen atoms in total. The zero-order chi connectivity index (χ0) is 16.4. The lowest BCUT2D eigenvalue weighted by molar-refractivity contribution is -0.117. The van der Waals surface area contributed by atoms with Crippen LogP contribution in [0, 0.1) is 19.3 Å². The number of benzene rings is 1. The monoisotopic (exact) mass is 317 g/mol. The van der Waals surface area contributed by atoms with Gasteiger partial charge >= 0.3 is 0 Å². The van der Waals surface area contributed by atoms with E-state index in [1.54, 1.807) is 0 Å². The van der Waals surface area contributed by atoms with Gasteiger partial charge in [-0.3, -0.25) is 9.69 Å². The molecule has 2 heterocycles. The first kappa shape index (κ1) is 16.4. The molecule has 126 valence electrons. The van der Waals surface area contributed by atoms with Gasteiger partial charge in [0.2, 0.25) is 5.91 Å². The fourth-order valence-corrected chi connectivity index (χ4v) is 3.59. The molecule has 23 heavy (non-hydrogen) atoms. The molecule has 2 fully saturated rings. The van der Waals surface area contributed by atoms with E-state index in [1.165, 1.54) is 0 Å². The smallest absolute Gasteiger partial charge is 0.238 e. The molecular formula is C18H27N3O2. The summed E-state index contributed by atoms with van der Waals surface area (Å²) in [5, 5.41) is 6.37. The van der Waals surface area contributed by atoms with Gasteiger partial charge in [0.15, 0.2) is 0 Å². The SMILES string of the molecule is Cc1cccc(C)c1NC(=O)CN(C)CC1CC2(CNC2)CO1. The summed E-state index contributed by atoms with van der Waals surface area (Å²) < 4.78 is 5.91. The van der Waals surface area contributed by atoms with Crippen molar-refractivity contribution < 1.29 is 9.53 Å². The lowest BCUT2D eigenvalue weighted by Crippen LogP contribution is -2.54. The fourth-order valence-electron chi connectivity index (χ4n) is 3.59. The zero-order valence-electron chi connectivity index (χ0n) is 14.3. The Morgan fingerprint density at radius 1 is 1.39 bits per heavy atom. The van der Waals surface area contributed by atoms with Gasteiger partial charge in [-0.25, -0.2) is 0 Å². The Bertz CT molecular complexity index is 563. The largest absolute Gasteiger partial charge is 0.376 e. The number of ether oxygens (including phenoxy) is 1. The molecule has 0 saturated carbocycles. The van der Waals surface area contributed by atoms with Crippen molar-refractivity contribution in [2.75, 3.05) is 45.2 Å². The van der Waals surface area contributed by atoms with E-state index in [2.05, 4.69) is 15.5 Å². The average molecular weight is 317 g/mol. The molecule has 2 aliphatic rings. The summed E-state index contributed by atoms with van der Waals surface area (Å²) in [6.07, 6.45) is 1.35. The maximum absolute atomic E-state index is 12.3. The highest BCUT2D eigenvalue weighted by molar-refractivity contribution is 5.93. The lowest BCUT2D eigenvalue weighted by atomic mass is 9.80. The number of hydrogen-bond acceptors (Lipinski definition) is 4. The normalized spacial score (nSPS) is 22.3. The third kappa shape index (κ3) is 3.74. The van der Waals surface area contributed by atoms with Gasteiger partial charge in [0, 0.05) is 30.7 Å². The van der Waals surface area contributed by atoms with Gasteiger partial charge in [0.05, 0.1) is 19.3 Å². The van der Waals surface area contributed by atoms with Gasteiger partial charge in [-0.05, 0) is 38.4 Å². The van der Waals surface area contributed by atoms with Crippen molar-refractivity contribution in [3.8, 4) is 0 Å². The highest BCUT2D eigenvalue weighted by Crippen LogP contribution is 2.36. The molecule has 0 radical (unpaired) electrons. The average Bonchev–Trinajstić information content (AvgIpc) is 2.87. The minimum atomic E-state index is 0.0305. The molecular weight excluding hydrogens is 290 g/mol. The van der Waals surface area contributed by atoms with Gasteiger partial charge in [0.25, 0.3) is 0 Å². The van der Waals surface area contributed by atoms with Crippen LogP contribution in [-0.4, -0.2) is 56.7 Å². The highest BCUT2D eigenvalue weighted by Gasteiger charge is 2.44. The van der Waals surface area contributed by atoms with Gasteiger partial charge in [-0.1, -0.05) is 18.2 Å². The predicted octanol–water partition coefficient (Wildman–Crippen LogP) is 1.55. The minimum absolute atomic E-state index is 0.0305. The van der Waals surface area contributed by atoms with E-state index >= 15 is 0 Å². The number of carbonyl (C=O) groups is 1. The van der Waals surface area contributed by atoms with Crippen LogP contribution in [0.3, 0.4) is 0 Å². The molecule has 0 aromatic heterocycles. The van der Waals surface area contributed by atoms with E-state index in [0.717, 1.165) is 49.5 Å². The molecule has 1 amide bonds. The van der Waals surface area contributed by atoms with Gasteiger partial charge < -0.3 is 15.4 Å². The molecule has 1 unspecified atom stereocenters. The number of hydrogen-bond donors (Lipinski definition) is 2. The van der Waals surface area contributed by atoms with Crippen LogP contribution < -0.4 is 10.6 Å². The number of nitrogens with one attached hydrogen (secondary N) is 2. The summed E-state index contributed by atoms with van der Waals surface area (Å²) in [5.41, 5.74) is 3.49. The second-order valence-corrected chi connectivity index (χ2v) is 7.25. The van der Waals surface area contributed by atoms with Crippen molar-refractivity contribution in [2.24, 2.45) is 5.41 Å². The first-order chi connectivity index (χ1) is 11.0. The second kappa shape index (κ2) is 6.59. The highest BCUT2D eigenvalue weighted by atomic mass is 16.5. The molecule has 5 heteroatoms. The molecule has 2 aliphatic heterocycles. The summed E-state index contributed by atoms with van der Waals surface area (Å²) in [7, 11) is 1.98. The van der Waals surface area contributed by atoms with Crippen molar-refractivity contribution in [3.05, 3.63) is 29.3 Å². The number of amides is 1. The van der Waals surface area contributed by atoms with Crippen LogP contribution in [0.25, 0.3) is 0 Å². The minimum Gasteiger partial charge on any atom is -0.376 e.